The first-order valence-corrected chi connectivity index (χ1v) is 16.3. The van der Waals surface area contributed by atoms with Crippen LogP contribution in [-0.4, -0.2) is 19.4 Å². The van der Waals surface area contributed by atoms with Gasteiger partial charge >= 0.3 is 0 Å². The molecular formula is C34H35ClN6S2. The third-order valence-electron chi connectivity index (χ3n) is 7.06. The normalized spacial score (nSPS) is 18.7. The molecule has 0 aliphatic carbocycles. The molecule has 0 amide bonds. The Kier molecular flexibility index (Phi) is 10.9. The largest absolute Gasteiger partial charge is 0.269 e. The molecule has 0 spiro atoms. The van der Waals surface area contributed by atoms with Gasteiger partial charge in [0.25, 0.3) is 0 Å². The van der Waals surface area contributed by atoms with Crippen molar-refractivity contribution >= 4 is 35.1 Å². The Morgan fingerprint density at radius 1 is 0.651 bits per heavy atom. The van der Waals surface area contributed by atoms with Crippen LogP contribution in [0.1, 0.15) is 28.7 Å². The number of aromatic nitrogens is 2. The molecule has 0 radical (unpaired) electrons. The number of hydrogen-bond donors (Lipinski definition) is 4. The summed E-state index contributed by atoms with van der Waals surface area (Å²) in [7, 11) is 0. The monoisotopic (exact) mass is 626 g/mol. The molecule has 1 unspecified atom stereocenters. The highest BCUT2D eigenvalue weighted by atomic mass is 35.5. The molecule has 1 atom stereocenters. The van der Waals surface area contributed by atoms with E-state index in [0.29, 0.717) is 6.42 Å². The third-order valence-corrected chi connectivity index (χ3v) is 10.3. The molecule has 0 saturated carbocycles. The summed E-state index contributed by atoms with van der Waals surface area (Å²) in [6.45, 7) is 0. The minimum atomic E-state index is -1.07. The maximum absolute atomic E-state index is 7.28. The number of rotatable bonds is 9. The lowest BCUT2D eigenvalue weighted by molar-refractivity contribution is 0.162. The van der Waals surface area contributed by atoms with E-state index in [4.69, 9.17) is 17.4 Å². The second-order valence-electron chi connectivity index (χ2n) is 10.1. The molecule has 1 aliphatic heterocycles. The molecule has 4 aromatic carbocycles. The number of nitrogens with one attached hydrogen (secondary N) is 3. The zero-order valence-electron chi connectivity index (χ0n) is 23.6. The van der Waals surface area contributed by atoms with E-state index in [1.54, 1.807) is 42.0 Å². The fourth-order valence-corrected chi connectivity index (χ4v) is 8.28. The lowest BCUT2D eigenvalue weighted by atomic mass is 9.78. The third kappa shape index (κ3) is 8.25. The van der Waals surface area contributed by atoms with Crippen LogP contribution in [0.3, 0.4) is 0 Å². The molecule has 6 rings (SSSR count). The molecule has 1 fully saturated rings. The number of nitrogens with zero attached hydrogens (tertiary/aromatic N) is 2. The fraction of sp³-hybridized carbons (Fsp3) is 0.176. The van der Waals surface area contributed by atoms with Gasteiger partial charge in [-0.25, -0.2) is 20.7 Å². The van der Waals surface area contributed by atoms with Crippen molar-refractivity contribution in [3.8, 4) is 0 Å². The Bertz CT molecular complexity index is 1390. The number of thioether (sulfide) groups is 2. The van der Waals surface area contributed by atoms with Crippen LogP contribution < -0.4 is 21.9 Å². The van der Waals surface area contributed by atoms with Crippen LogP contribution in [-0.2, 0) is 17.0 Å². The van der Waals surface area contributed by atoms with E-state index in [2.05, 4.69) is 123 Å². The van der Waals surface area contributed by atoms with Crippen molar-refractivity contribution in [1.29, 1.82) is 0 Å². The number of halogens is 1. The molecule has 5 aromatic rings. The van der Waals surface area contributed by atoms with Gasteiger partial charge < -0.3 is 0 Å². The summed E-state index contributed by atoms with van der Waals surface area (Å²) in [6.07, 6.45) is 5.37. The molecular weight excluding hydrogens is 592 g/mol. The number of hydrogen-bond acceptors (Lipinski definition) is 8. The van der Waals surface area contributed by atoms with Crippen LogP contribution in [0.25, 0.3) is 0 Å². The first-order valence-electron chi connectivity index (χ1n) is 14.0. The molecule has 6 nitrogen and oxygen atoms in total. The van der Waals surface area contributed by atoms with Gasteiger partial charge in [0.2, 0.25) is 0 Å². The standard InChI is InChI=1S/C30H31ClN4S2.C4H4N2/c31-29(35-32)23-28(26-17-9-3-10-18-26,27-19-11-4-12-20-27)33-30(34-29,36-21-24-13-5-1-6-14-24)37-22-25-15-7-2-8-16-25;1-2-5-4-6-3-1/h1-20,33-35H,21-23,32H2;1-4H. The Morgan fingerprint density at radius 2 is 1.09 bits per heavy atom. The van der Waals surface area contributed by atoms with Gasteiger partial charge in [-0.1, -0.05) is 133 Å². The Balaban J connectivity index is 0.000000548. The van der Waals surface area contributed by atoms with Crippen LogP contribution >= 0.6 is 35.1 Å². The molecule has 43 heavy (non-hydrogen) atoms. The quantitative estimate of drug-likeness (QED) is 0.0466. The second kappa shape index (κ2) is 15.0. The van der Waals surface area contributed by atoms with E-state index in [0.717, 1.165) is 22.6 Å². The lowest BCUT2D eigenvalue weighted by Crippen LogP contribution is -2.76. The zero-order chi connectivity index (χ0) is 29.9. The number of benzene rings is 4. The van der Waals surface area contributed by atoms with Crippen LogP contribution in [0.2, 0.25) is 0 Å². The minimum Gasteiger partial charge on any atom is -0.269 e. The molecule has 0 bridgehead atoms. The van der Waals surface area contributed by atoms with Crippen LogP contribution in [0.15, 0.2) is 146 Å². The predicted molar refractivity (Wildman–Crippen MR) is 181 cm³/mol. The van der Waals surface area contributed by atoms with Crippen molar-refractivity contribution in [1.82, 2.24) is 26.0 Å². The van der Waals surface area contributed by atoms with E-state index < -0.39 is 15.0 Å². The van der Waals surface area contributed by atoms with Crippen molar-refractivity contribution in [3.63, 3.8) is 0 Å². The topological polar surface area (TPSA) is 87.9 Å². The Morgan fingerprint density at radius 3 is 1.47 bits per heavy atom. The van der Waals surface area contributed by atoms with Crippen LogP contribution in [0, 0.1) is 0 Å². The first kappa shape index (κ1) is 31.2. The van der Waals surface area contributed by atoms with Crippen molar-refractivity contribution in [2.45, 2.75) is 32.9 Å². The van der Waals surface area contributed by atoms with E-state index in [1.807, 2.05) is 24.3 Å². The van der Waals surface area contributed by atoms with E-state index >= 15 is 0 Å². The molecule has 2 heterocycles. The van der Waals surface area contributed by atoms with Crippen molar-refractivity contribution in [3.05, 3.63) is 168 Å². The second-order valence-corrected chi connectivity index (χ2v) is 13.4. The SMILES string of the molecule is NNC1(Cl)CC(c2ccccc2)(c2ccccc2)NC(SCc2ccccc2)(SCc2ccccc2)N1.c1cncnc1. The number of alkyl halides is 1. The highest BCUT2D eigenvalue weighted by Crippen LogP contribution is 2.50. The summed E-state index contributed by atoms with van der Waals surface area (Å²) in [6, 6.07) is 43.8. The molecule has 1 aliphatic rings. The van der Waals surface area contributed by atoms with Crippen LogP contribution in [0.4, 0.5) is 0 Å². The summed E-state index contributed by atoms with van der Waals surface area (Å²) in [4.78, 5) is 7.35. The molecule has 220 valence electrons. The summed E-state index contributed by atoms with van der Waals surface area (Å²) >= 11 is 10.9. The minimum absolute atomic E-state index is 0.492. The summed E-state index contributed by atoms with van der Waals surface area (Å²) in [5.41, 5.74) is 7.06. The zero-order valence-corrected chi connectivity index (χ0v) is 26.0. The van der Waals surface area contributed by atoms with Gasteiger partial charge in [0.05, 0.1) is 5.54 Å². The van der Waals surface area contributed by atoms with Gasteiger partial charge in [0.1, 0.15) is 6.33 Å². The average Bonchev–Trinajstić information content (AvgIpc) is 3.09. The van der Waals surface area contributed by atoms with Crippen molar-refractivity contribution in [2.75, 3.05) is 0 Å². The number of hydrazine groups is 1. The van der Waals surface area contributed by atoms with E-state index in [9.17, 15) is 0 Å². The molecule has 9 heteroatoms. The maximum Gasteiger partial charge on any atom is 0.170 e. The molecule has 1 saturated heterocycles. The first-order chi connectivity index (χ1) is 21.0. The van der Waals surface area contributed by atoms with E-state index in [-0.39, 0.29) is 0 Å². The lowest BCUT2D eigenvalue weighted by Gasteiger charge is -2.55. The molecule has 5 N–H and O–H groups in total. The Hall–Kier alpha value is -3.21. The van der Waals surface area contributed by atoms with Gasteiger partial charge in [0.15, 0.2) is 9.45 Å². The highest BCUT2D eigenvalue weighted by molar-refractivity contribution is 8.17. The predicted octanol–water partition coefficient (Wildman–Crippen LogP) is 6.82. The fourth-order valence-electron chi connectivity index (χ4n) is 5.03. The maximum atomic E-state index is 7.28. The van der Waals surface area contributed by atoms with Gasteiger partial charge in [-0.2, -0.15) is 0 Å². The van der Waals surface area contributed by atoms with Gasteiger partial charge in [-0.05, 0) is 28.3 Å². The van der Waals surface area contributed by atoms with Crippen molar-refractivity contribution in [2.24, 2.45) is 5.84 Å². The van der Waals surface area contributed by atoms with Crippen molar-refractivity contribution < 1.29 is 0 Å². The van der Waals surface area contributed by atoms with Gasteiger partial charge in [0, 0.05) is 30.3 Å². The van der Waals surface area contributed by atoms with Gasteiger partial charge in [-0.15, -0.1) is 23.5 Å². The average molecular weight is 627 g/mol. The molecule has 1 aromatic heterocycles. The highest BCUT2D eigenvalue weighted by Gasteiger charge is 2.55. The Labute approximate surface area is 267 Å². The summed E-state index contributed by atoms with van der Waals surface area (Å²) in [5.74, 6) is 7.74. The van der Waals surface area contributed by atoms with Gasteiger partial charge in [-0.3, -0.25) is 11.2 Å². The van der Waals surface area contributed by atoms with Crippen LogP contribution in [0.5, 0.6) is 0 Å². The smallest absolute Gasteiger partial charge is 0.170 e. The summed E-state index contributed by atoms with van der Waals surface area (Å²) < 4.78 is -0.677. The summed E-state index contributed by atoms with van der Waals surface area (Å²) in [5, 5.41) is 6.68. The number of nitrogens with two attached hydrogens (primary N) is 1. The van der Waals surface area contributed by atoms with E-state index in [1.165, 1.54) is 17.5 Å².